The summed E-state index contributed by atoms with van der Waals surface area (Å²) in [6.07, 6.45) is 1.10. The van der Waals surface area contributed by atoms with Gasteiger partial charge in [0, 0.05) is 16.6 Å². The quantitative estimate of drug-likeness (QED) is 0.691. The molecule has 1 heterocycles. The Labute approximate surface area is 136 Å². The van der Waals surface area contributed by atoms with Crippen molar-refractivity contribution in [2.75, 3.05) is 5.32 Å². The third-order valence-corrected chi connectivity index (χ3v) is 4.40. The first-order valence-corrected chi connectivity index (χ1v) is 7.99. The van der Waals surface area contributed by atoms with Crippen molar-refractivity contribution in [1.29, 1.82) is 0 Å². The lowest BCUT2D eigenvalue weighted by Crippen LogP contribution is -2.12. The molecule has 2 aromatic carbocycles. The Kier molecular flexibility index (Phi) is 4.20. The molecule has 3 heteroatoms. The normalized spacial score (nSPS) is 12.3. The number of carbonyl (C=O) groups is 1. The molecule has 0 radical (unpaired) electrons. The molecule has 1 atom stereocenters. The number of benzene rings is 2. The highest BCUT2D eigenvalue weighted by atomic mass is 16.3. The summed E-state index contributed by atoms with van der Waals surface area (Å²) in [5.41, 5.74) is 3.67. The number of fused-ring (bicyclic) bond motifs is 1. The number of hydrogen-bond acceptors (Lipinski definition) is 2. The molecule has 0 saturated carbocycles. The molecule has 3 nitrogen and oxygen atoms in total. The number of rotatable bonds is 4. The van der Waals surface area contributed by atoms with Gasteiger partial charge in [-0.3, -0.25) is 4.79 Å². The fourth-order valence-electron chi connectivity index (χ4n) is 2.71. The third-order valence-electron chi connectivity index (χ3n) is 4.40. The lowest BCUT2D eigenvalue weighted by Gasteiger charge is -2.10. The number of carbonyl (C=O) groups excluding carboxylic acids is 1. The maximum atomic E-state index is 12.5. The summed E-state index contributed by atoms with van der Waals surface area (Å²) in [4.78, 5) is 12.5. The Morgan fingerprint density at radius 2 is 1.83 bits per heavy atom. The molecule has 0 unspecified atom stereocenters. The van der Waals surface area contributed by atoms with Crippen molar-refractivity contribution in [3.05, 3.63) is 65.4 Å². The first kappa shape index (κ1) is 15.3. The maximum Gasteiger partial charge on any atom is 0.291 e. The van der Waals surface area contributed by atoms with Gasteiger partial charge in [0.25, 0.3) is 5.91 Å². The number of amides is 1. The minimum absolute atomic E-state index is 0.213. The van der Waals surface area contributed by atoms with Gasteiger partial charge in [-0.2, -0.15) is 0 Å². The molecule has 23 heavy (non-hydrogen) atoms. The Bertz CT molecular complexity index is 830. The molecule has 0 aliphatic rings. The lowest BCUT2D eigenvalue weighted by molar-refractivity contribution is 0.0998. The zero-order chi connectivity index (χ0) is 16.4. The Balaban J connectivity index is 1.82. The van der Waals surface area contributed by atoms with Crippen LogP contribution < -0.4 is 5.32 Å². The number of aryl methyl sites for hydroxylation is 1. The van der Waals surface area contributed by atoms with Crippen LogP contribution >= 0.6 is 0 Å². The molecule has 1 aromatic heterocycles. The summed E-state index contributed by atoms with van der Waals surface area (Å²) in [6, 6.07) is 15.7. The fraction of sp³-hybridized carbons (Fsp3) is 0.250. The van der Waals surface area contributed by atoms with E-state index >= 15 is 0 Å². The van der Waals surface area contributed by atoms with Crippen molar-refractivity contribution in [3.8, 4) is 0 Å². The SMILES string of the molecule is CC[C@H](C)c1ccc(NC(=O)c2oc3ccccc3c2C)cc1. The molecule has 0 aliphatic carbocycles. The van der Waals surface area contributed by atoms with Crippen molar-refractivity contribution in [2.24, 2.45) is 0 Å². The average Bonchev–Trinajstić information content (AvgIpc) is 2.92. The van der Waals surface area contributed by atoms with E-state index in [-0.39, 0.29) is 5.91 Å². The van der Waals surface area contributed by atoms with E-state index in [0.717, 1.165) is 28.6 Å². The highest BCUT2D eigenvalue weighted by Gasteiger charge is 2.17. The first-order valence-electron chi connectivity index (χ1n) is 7.99. The Hall–Kier alpha value is -2.55. The maximum absolute atomic E-state index is 12.5. The molecule has 0 spiro atoms. The summed E-state index contributed by atoms with van der Waals surface area (Å²) in [5, 5.41) is 3.89. The zero-order valence-electron chi connectivity index (χ0n) is 13.7. The van der Waals surface area contributed by atoms with E-state index in [9.17, 15) is 4.79 Å². The van der Waals surface area contributed by atoms with Crippen molar-refractivity contribution >= 4 is 22.6 Å². The van der Waals surface area contributed by atoms with Crippen molar-refractivity contribution in [1.82, 2.24) is 0 Å². The van der Waals surface area contributed by atoms with Crippen LogP contribution in [0.5, 0.6) is 0 Å². The van der Waals surface area contributed by atoms with Gasteiger partial charge in [0.1, 0.15) is 5.58 Å². The summed E-state index contributed by atoms with van der Waals surface area (Å²) >= 11 is 0. The number of furan rings is 1. The predicted octanol–water partition coefficient (Wildman–Crippen LogP) is 5.51. The minimum Gasteiger partial charge on any atom is -0.451 e. The number of hydrogen-bond donors (Lipinski definition) is 1. The van der Waals surface area contributed by atoms with E-state index in [0.29, 0.717) is 11.7 Å². The summed E-state index contributed by atoms with van der Waals surface area (Å²) in [7, 11) is 0. The van der Waals surface area contributed by atoms with E-state index in [1.807, 2.05) is 43.3 Å². The van der Waals surface area contributed by atoms with Gasteiger partial charge in [-0.1, -0.05) is 44.2 Å². The number of nitrogens with one attached hydrogen (secondary N) is 1. The van der Waals surface area contributed by atoms with Gasteiger partial charge in [-0.15, -0.1) is 0 Å². The number of para-hydroxylation sites is 1. The van der Waals surface area contributed by atoms with Crippen molar-refractivity contribution < 1.29 is 9.21 Å². The standard InChI is InChI=1S/C20H21NO2/c1-4-13(2)15-9-11-16(12-10-15)21-20(22)19-14(3)17-7-5-6-8-18(17)23-19/h5-13H,4H2,1-3H3,(H,21,22)/t13-/m0/s1. The van der Waals surface area contributed by atoms with Gasteiger partial charge < -0.3 is 9.73 Å². The monoisotopic (exact) mass is 307 g/mol. The summed E-state index contributed by atoms with van der Waals surface area (Å²) in [5.74, 6) is 0.685. The molecule has 3 aromatic rings. The molecule has 0 saturated heterocycles. The van der Waals surface area contributed by atoms with Crippen molar-refractivity contribution in [3.63, 3.8) is 0 Å². The van der Waals surface area contributed by atoms with Crippen LogP contribution in [0.1, 0.15) is 47.9 Å². The molecular formula is C20H21NO2. The smallest absolute Gasteiger partial charge is 0.291 e. The van der Waals surface area contributed by atoms with Gasteiger partial charge in [0.2, 0.25) is 0 Å². The van der Waals surface area contributed by atoms with Gasteiger partial charge in [-0.25, -0.2) is 0 Å². The zero-order valence-corrected chi connectivity index (χ0v) is 13.7. The van der Waals surface area contributed by atoms with Gasteiger partial charge in [-0.05, 0) is 43.0 Å². The second-order valence-electron chi connectivity index (χ2n) is 5.94. The van der Waals surface area contributed by atoms with Crippen LogP contribution in [0.3, 0.4) is 0 Å². The Morgan fingerprint density at radius 3 is 2.48 bits per heavy atom. The molecule has 0 aliphatic heterocycles. The van der Waals surface area contributed by atoms with Crippen molar-refractivity contribution in [2.45, 2.75) is 33.1 Å². The van der Waals surface area contributed by atoms with Crippen LogP contribution in [0.25, 0.3) is 11.0 Å². The molecule has 0 bridgehead atoms. The first-order chi connectivity index (χ1) is 11.1. The molecule has 0 fully saturated rings. The van der Waals surface area contributed by atoms with Crippen LogP contribution in [0.4, 0.5) is 5.69 Å². The van der Waals surface area contributed by atoms with Crippen LogP contribution in [0, 0.1) is 6.92 Å². The Morgan fingerprint density at radius 1 is 1.13 bits per heavy atom. The summed E-state index contributed by atoms with van der Waals surface area (Å²) < 4.78 is 5.70. The highest BCUT2D eigenvalue weighted by molar-refractivity contribution is 6.06. The molecular weight excluding hydrogens is 286 g/mol. The van der Waals surface area contributed by atoms with E-state index in [2.05, 4.69) is 31.3 Å². The lowest BCUT2D eigenvalue weighted by atomic mass is 9.99. The van der Waals surface area contributed by atoms with Crippen LogP contribution in [0.2, 0.25) is 0 Å². The topological polar surface area (TPSA) is 42.2 Å². The second-order valence-corrected chi connectivity index (χ2v) is 5.94. The van der Waals surface area contributed by atoms with Crippen LogP contribution in [0.15, 0.2) is 52.9 Å². The van der Waals surface area contributed by atoms with E-state index in [4.69, 9.17) is 4.42 Å². The van der Waals surface area contributed by atoms with Crippen LogP contribution in [-0.4, -0.2) is 5.91 Å². The van der Waals surface area contributed by atoms with Gasteiger partial charge in [0.05, 0.1) is 0 Å². The van der Waals surface area contributed by atoms with Crippen LogP contribution in [-0.2, 0) is 0 Å². The largest absolute Gasteiger partial charge is 0.451 e. The molecule has 118 valence electrons. The molecule has 3 rings (SSSR count). The van der Waals surface area contributed by atoms with Gasteiger partial charge >= 0.3 is 0 Å². The van der Waals surface area contributed by atoms with E-state index < -0.39 is 0 Å². The van der Waals surface area contributed by atoms with E-state index in [1.165, 1.54) is 5.56 Å². The molecule has 1 amide bonds. The fourth-order valence-corrected chi connectivity index (χ4v) is 2.71. The highest BCUT2D eigenvalue weighted by Crippen LogP contribution is 2.26. The third kappa shape index (κ3) is 3.00. The molecule has 1 N–H and O–H groups in total. The van der Waals surface area contributed by atoms with Gasteiger partial charge in [0.15, 0.2) is 5.76 Å². The second kappa shape index (κ2) is 6.29. The van der Waals surface area contributed by atoms with E-state index in [1.54, 1.807) is 0 Å². The average molecular weight is 307 g/mol. The summed E-state index contributed by atoms with van der Waals surface area (Å²) in [6.45, 7) is 6.28. The number of anilines is 1. The predicted molar refractivity (Wildman–Crippen MR) is 94.1 cm³/mol. The minimum atomic E-state index is -0.213.